The Labute approximate surface area is 136 Å². The van der Waals surface area contributed by atoms with Crippen molar-refractivity contribution >= 4 is 15.9 Å². The minimum absolute atomic E-state index is 0.0749. The quantitative estimate of drug-likeness (QED) is 0.797. The summed E-state index contributed by atoms with van der Waals surface area (Å²) in [6.45, 7) is 0.0749. The number of rotatable bonds is 7. The molecule has 128 valence electrons. The number of halogens is 1. The van der Waals surface area contributed by atoms with E-state index in [1.165, 1.54) is 12.1 Å². The highest BCUT2D eigenvalue weighted by Gasteiger charge is 2.27. The normalized spacial score (nSPS) is 17.1. The highest BCUT2D eigenvalue weighted by atomic mass is 32.2. The van der Waals surface area contributed by atoms with Crippen LogP contribution in [0.5, 0.6) is 0 Å². The first-order valence-corrected chi connectivity index (χ1v) is 9.74. The SMILES string of the molecule is CS(=O)(=O)NCCC(=O)NC(c1ccc(F)cc1)C1CCCC1. The molecule has 1 fully saturated rings. The molecular formula is C16H23FN2O3S. The zero-order valence-electron chi connectivity index (χ0n) is 13.2. The Balaban J connectivity index is 2.00. The van der Waals surface area contributed by atoms with E-state index in [2.05, 4.69) is 10.0 Å². The van der Waals surface area contributed by atoms with E-state index >= 15 is 0 Å². The minimum Gasteiger partial charge on any atom is -0.349 e. The Morgan fingerprint density at radius 1 is 1.26 bits per heavy atom. The van der Waals surface area contributed by atoms with Gasteiger partial charge in [-0.3, -0.25) is 4.79 Å². The van der Waals surface area contributed by atoms with Crippen molar-refractivity contribution in [1.29, 1.82) is 0 Å². The van der Waals surface area contributed by atoms with E-state index in [1.54, 1.807) is 12.1 Å². The van der Waals surface area contributed by atoms with Gasteiger partial charge in [0.25, 0.3) is 0 Å². The lowest BCUT2D eigenvalue weighted by atomic mass is 9.91. The summed E-state index contributed by atoms with van der Waals surface area (Å²) >= 11 is 0. The maximum absolute atomic E-state index is 13.1. The van der Waals surface area contributed by atoms with Crippen molar-refractivity contribution in [3.63, 3.8) is 0 Å². The average Bonchev–Trinajstić information content (AvgIpc) is 2.98. The first kappa shape index (κ1) is 17.9. The smallest absolute Gasteiger partial charge is 0.221 e. The molecule has 1 aliphatic rings. The molecule has 0 aromatic heterocycles. The van der Waals surface area contributed by atoms with Crippen molar-refractivity contribution in [2.75, 3.05) is 12.8 Å². The highest BCUT2D eigenvalue weighted by Crippen LogP contribution is 2.35. The molecule has 1 amide bonds. The van der Waals surface area contributed by atoms with E-state index in [4.69, 9.17) is 0 Å². The lowest BCUT2D eigenvalue weighted by Gasteiger charge is -2.25. The zero-order chi connectivity index (χ0) is 16.9. The maximum atomic E-state index is 13.1. The van der Waals surface area contributed by atoms with Gasteiger partial charge in [-0.2, -0.15) is 0 Å². The second-order valence-corrected chi connectivity index (χ2v) is 7.89. The molecule has 0 spiro atoms. The molecule has 7 heteroatoms. The molecule has 23 heavy (non-hydrogen) atoms. The number of amides is 1. The van der Waals surface area contributed by atoms with Crippen molar-refractivity contribution in [3.8, 4) is 0 Å². The van der Waals surface area contributed by atoms with Crippen LogP contribution in [0, 0.1) is 11.7 Å². The molecule has 1 aliphatic carbocycles. The summed E-state index contributed by atoms with van der Waals surface area (Å²) in [6, 6.07) is 6.05. The summed E-state index contributed by atoms with van der Waals surface area (Å²) in [5, 5.41) is 2.98. The molecule has 1 atom stereocenters. The second kappa shape index (κ2) is 7.88. The molecule has 5 nitrogen and oxygen atoms in total. The first-order valence-electron chi connectivity index (χ1n) is 7.84. The fourth-order valence-electron chi connectivity index (χ4n) is 3.03. The monoisotopic (exact) mass is 342 g/mol. The number of hydrogen-bond donors (Lipinski definition) is 2. The molecule has 2 rings (SSSR count). The molecule has 0 radical (unpaired) electrons. The van der Waals surface area contributed by atoms with Crippen LogP contribution in [0.3, 0.4) is 0 Å². The van der Waals surface area contributed by atoms with E-state index in [9.17, 15) is 17.6 Å². The largest absolute Gasteiger partial charge is 0.349 e. The van der Waals surface area contributed by atoms with Crippen molar-refractivity contribution in [2.24, 2.45) is 5.92 Å². The Morgan fingerprint density at radius 2 is 1.87 bits per heavy atom. The highest BCUT2D eigenvalue weighted by molar-refractivity contribution is 7.88. The number of carbonyl (C=O) groups is 1. The van der Waals surface area contributed by atoms with Crippen LogP contribution in [-0.4, -0.2) is 27.1 Å². The van der Waals surface area contributed by atoms with Crippen molar-refractivity contribution in [2.45, 2.75) is 38.1 Å². The van der Waals surface area contributed by atoms with E-state index in [0.717, 1.165) is 37.5 Å². The Hall–Kier alpha value is -1.47. The third-order valence-corrected chi connectivity index (χ3v) is 4.86. The number of carbonyl (C=O) groups excluding carboxylic acids is 1. The summed E-state index contributed by atoms with van der Waals surface area (Å²) in [5.74, 6) is -0.169. The van der Waals surface area contributed by atoms with Gasteiger partial charge in [-0.05, 0) is 36.5 Å². The number of nitrogens with one attached hydrogen (secondary N) is 2. The van der Waals surface area contributed by atoms with E-state index in [1.807, 2.05) is 0 Å². The maximum Gasteiger partial charge on any atom is 0.221 e. The topological polar surface area (TPSA) is 75.3 Å². The molecule has 2 N–H and O–H groups in total. The summed E-state index contributed by atoms with van der Waals surface area (Å²) in [6.07, 6.45) is 5.47. The first-order chi connectivity index (χ1) is 10.8. The Bertz CT molecular complexity index is 625. The predicted molar refractivity (Wildman–Crippen MR) is 86.7 cm³/mol. The molecule has 1 aromatic rings. The van der Waals surface area contributed by atoms with Gasteiger partial charge < -0.3 is 5.32 Å². The van der Waals surface area contributed by atoms with Crippen LogP contribution in [0.1, 0.15) is 43.7 Å². The van der Waals surface area contributed by atoms with Crippen molar-refractivity contribution in [1.82, 2.24) is 10.0 Å². The fourth-order valence-corrected chi connectivity index (χ4v) is 3.50. The van der Waals surface area contributed by atoms with E-state index < -0.39 is 10.0 Å². The van der Waals surface area contributed by atoms with Gasteiger partial charge in [-0.25, -0.2) is 17.5 Å². The van der Waals surface area contributed by atoms with Crippen LogP contribution in [0.15, 0.2) is 24.3 Å². The summed E-state index contributed by atoms with van der Waals surface area (Å²) in [5.41, 5.74) is 0.891. The standard InChI is InChI=1S/C16H23FN2O3S/c1-23(21,22)18-11-10-15(20)19-16(12-4-2-3-5-12)13-6-8-14(17)9-7-13/h6-9,12,16,18H,2-5,10-11H2,1H3,(H,19,20). The minimum atomic E-state index is -3.29. The van der Waals surface area contributed by atoms with Crippen molar-refractivity contribution < 1.29 is 17.6 Å². The molecule has 1 aromatic carbocycles. The lowest BCUT2D eigenvalue weighted by Crippen LogP contribution is -2.35. The van der Waals surface area contributed by atoms with Gasteiger partial charge in [0.15, 0.2) is 0 Å². The Kier molecular flexibility index (Phi) is 6.12. The van der Waals surface area contributed by atoms with Gasteiger partial charge in [0.05, 0.1) is 12.3 Å². The van der Waals surface area contributed by atoms with Gasteiger partial charge in [0.1, 0.15) is 5.82 Å². The predicted octanol–water partition coefficient (Wildman–Crippen LogP) is 2.11. The molecule has 0 aliphatic heterocycles. The number of benzene rings is 1. The molecule has 1 unspecified atom stereocenters. The zero-order valence-corrected chi connectivity index (χ0v) is 14.0. The molecule has 1 saturated carbocycles. The average molecular weight is 342 g/mol. The Morgan fingerprint density at radius 3 is 2.43 bits per heavy atom. The van der Waals surface area contributed by atoms with Crippen LogP contribution < -0.4 is 10.0 Å². The number of hydrogen-bond acceptors (Lipinski definition) is 3. The summed E-state index contributed by atoms with van der Waals surface area (Å²) in [7, 11) is -3.29. The van der Waals surface area contributed by atoms with Gasteiger partial charge in [0, 0.05) is 13.0 Å². The van der Waals surface area contributed by atoms with Crippen LogP contribution in [0.25, 0.3) is 0 Å². The summed E-state index contributed by atoms with van der Waals surface area (Å²) in [4.78, 5) is 12.1. The lowest BCUT2D eigenvalue weighted by molar-refractivity contribution is -0.122. The van der Waals surface area contributed by atoms with E-state index in [0.29, 0.717) is 5.92 Å². The second-order valence-electron chi connectivity index (χ2n) is 6.06. The summed E-state index contributed by atoms with van der Waals surface area (Å²) < 4.78 is 37.5. The number of sulfonamides is 1. The molecule has 0 heterocycles. The van der Waals surface area contributed by atoms with Crippen LogP contribution in [0.4, 0.5) is 4.39 Å². The van der Waals surface area contributed by atoms with Gasteiger partial charge >= 0.3 is 0 Å². The molecule has 0 bridgehead atoms. The van der Waals surface area contributed by atoms with Crippen molar-refractivity contribution in [3.05, 3.63) is 35.6 Å². The van der Waals surface area contributed by atoms with Crippen LogP contribution >= 0.6 is 0 Å². The fraction of sp³-hybridized carbons (Fsp3) is 0.562. The molecular weight excluding hydrogens is 319 g/mol. The third kappa shape index (κ3) is 5.91. The van der Waals surface area contributed by atoms with Crippen LogP contribution in [-0.2, 0) is 14.8 Å². The van der Waals surface area contributed by atoms with Gasteiger partial charge in [-0.15, -0.1) is 0 Å². The van der Waals surface area contributed by atoms with Crippen LogP contribution in [0.2, 0.25) is 0 Å². The molecule has 0 saturated heterocycles. The third-order valence-electron chi connectivity index (χ3n) is 4.13. The van der Waals surface area contributed by atoms with E-state index in [-0.39, 0.29) is 30.7 Å². The van der Waals surface area contributed by atoms with Gasteiger partial charge in [0.2, 0.25) is 15.9 Å². The van der Waals surface area contributed by atoms with Gasteiger partial charge in [-0.1, -0.05) is 25.0 Å².